The van der Waals surface area contributed by atoms with E-state index in [-0.39, 0.29) is 5.84 Å². The number of nitrogens with two attached hydrogens (primary N) is 1. The van der Waals surface area contributed by atoms with Crippen molar-refractivity contribution in [3.8, 4) is 5.75 Å². The van der Waals surface area contributed by atoms with Crippen LogP contribution in [0.1, 0.15) is 11.4 Å². The molecule has 1 aromatic heterocycles. The van der Waals surface area contributed by atoms with Gasteiger partial charge in [0.15, 0.2) is 5.82 Å². The Kier molecular flexibility index (Phi) is 3.47. The van der Waals surface area contributed by atoms with Crippen molar-refractivity contribution in [3.05, 3.63) is 40.9 Å². The minimum atomic E-state index is -0.0696. The summed E-state index contributed by atoms with van der Waals surface area (Å²) in [5, 5.41) is 11.6. The first kappa shape index (κ1) is 12.4. The molecule has 0 unspecified atom stereocenters. The third kappa shape index (κ3) is 2.60. The average molecular weight is 266 g/mol. The Morgan fingerprint density at radius 1 is 1.56 bits per heavy atom. The van der Waals surface area contributed by atoms with Gasteiger partial charge in [-0.25, -0.2) is 4.98 Å². The third-order valence-electron chi connectivity index (χ3n) is 2.40. The van der Waals surface area contributed by atoms with Crippen molar-refractivity contribution in [3.63, 3.8) is 0 Å². The number of aryl methyl sites for hydroxylation is 1. The molecule has 0 aliphatic carbocycles. The molecule has 2 rings (SSSR count). The van der Waals surface area contributed by atoms with Crippen LogP contribution in [0, 0.1) is 5.41 Å². The molecule has 0 bridgehead atoms. The van der Waals surface area contributed by atoms with Crippen molar-refractivity contribution in [2.75, 3.05) is 0 Å². The van der Waals surface area contributed by atoms with E-state index in [0.29, 0.717) is 28.8 Å². The number of hydrogen-bond donors (Lipinski definition) is 2. The number of nitrogens with zero attached hydrogens (tertiary/aromatic N) is 3. The third-order valence-corrected chi connectivity index (χ3v) is 2.72. The zero-order valence-electron chi connectivity index (χ0n) is 9.72. The molecule has 0 aliphatic heterocycles. The molecule has 0 aliphatic rings. The Balaban J connectivity index is 2.09. The summed E-state index contributed by atoms with van der Waals surface area (Å²) >= 11 is 5.98. The van der Waals surface area contributed by atoms with Crippen molar-refractivity contribution in [1.82, 2.24) is 14.8 Å². The molecular formula is C11H12ClN5O. The monoisotopic (exact) mass is 265 g/mol. The van der Waals surface area contributed by atoms with Gasteiger partial charge in [-0.2, -0.15) is 5.10 Å². The fourth-order valence-electron chi connectivity index (χ4n) is 1.40. The van der Waals surface area contributed by atoms with Gasteiger partial charge in [0.05, 0.1) is 5.02 Å². The van der Waals surface area contributed by atoms with Crippen LogP contribution >= 0.6 is 11.6 Å². The molecule has 6 nitrogen and oxygen atoms in total. The molecule has 0 fully saturated rings. The molecule has 0 radical (unpaired) electrons. The molecule has 94 valence electrons. The maximum atomic E-state index is 7.32. The first-order chi connectivity index (χ1) is 8.58. The Bertz CT molecular complexity index is 581. The molecule has 1 aromatic carbocycles. The Labute approximate surface area is 109 Å². The van der Waals surface area contributed by atoms with Crippen molar-refractivity contribution >= 4 is 17.4 Å². The number of halogens is 1. The van der Waals surface area contributed by atoms with Crippen LogP contribution in [0.2, 0.25) is 5.02 Å². The summed E-state index contributed by atoms with van der Waals surface area (Å²) in [6.45, 7) is 0.298. The van der Waals surface area contributed by atoms with Crippen LogP contribution in [0.4, 0.5) is 0 Å². The smallest absolute Gasteiger partial charge is 0.164 e. The maximum absolute atomic E-state index is 7.32. The number of benzene rings is 1. The lowest BCUT2D eigenvalue weighted by atomic mass is 10.2. The van der Waals surface area contributed by atoms with E-state index in [1.807, 2.05) is 0 Å². The normalized spacial score (nSPS) is 10.3. The van der Waals surface area contributed by atoms with E-state index in [4.69, 9.17) is 27.5 Å². The summed E-state index contributed by atoms with van der Waals surface area (Å²) in [4.78, 5) is 4.04. The van der Waals surface area contributed by atoms with E-state index in [1.54, 1.807) is 29.9 Å². The molecule has 7 heteroatoms. The van der Waals surface area contributed by atoms with Gasteiger partial charge in [0.2, 0.25) is 0 Å². The number of aromatic nitrogens is 3. The van der Waals surface area contributed by atoms with Crippen molar-refractivity contribution in [2.45, 2.75) is 6.61 Å². The molecule has 0 saturated heterocycles. The van der Waals surface area contributed by atoms with Crippen LogP contribution < -0.4 is 10.5 Å². The van der Waals surface area contributed by atoms with Crippen LogP contribution in [-0.4, -0.2) is 20.6 Å². The zero-order chi connectivity index (χ0) is 13.1. The van der Waals surface area contributed by atoms with Crippen molar-refractivity contribution < 1.29 is 4.74 Å². The van der Waals surface area contributed by atoms with Gasteiger partial charge in [-0.05, 0) is 18.2 Å². The molecular weight excluding hydrogens is 254 g/mol. The highest BCUT2D eigenvalue weighted by Gasteiger charge is 2.06. The fraction of sp³-hybridized carbons (Fsp3) is 0.182. The predicted octanol–water partition coefficient (Wildman–Crippen LogP) is 1.33. The molecule has 0 atom stereocenters. The molecule has 0 spiro atoms. The zero-order valence-corrected chi connectivity index (χ0v) is 10.5. The number of hydrogen-bond acceptors (Lipinski definition) is 4. The van der Waals surface area contributed by atoms with Crippen LogP contribution in [0.25, 0.3) is 0 Å². The summed E-state index contributed by atoms with van der Waals surface area (Å²) in [7, 11) is 1.79. The van der Waals surface area contributed by atoms with Crippen molar-refractivity contribution in [1.29, 1.82) is 5.41 Å². The van der Waals surface area contributed by atoms with Gasteiger partial charge in [0, 0.05) is 12.6 Å². The fourth-order valence-corrected chi connectivity index (χ4v) is 1.68. The highest BCUT2D eigenvalue weighted by Crippen LogP contribution is 2.22. The highest BCUT2D eigenvalue weighted by molar-refractivity contribution is 6.34. The van der Waals surface area contributed by atoms with Gasteiger partial charge in [0.25, 0.3) is 0 Å². The van der Waals surface area contributed by atoms with Crippen LogP contribution in [0.15, 0.2) is 24.5 Å². The van der Waals surface area contributed by atoms with Crippen LogP contribution in [-0.2, 0) is 13.7 Å². The van der Waals surface area contributed by atoms with E-state index in [2.05, 4.69) is 10.1 Å². The van der Waals surface area contributed by atoms with E-state index >= 15 is 0 Å². The first-order valence-corrected chi connectivity index (χ1v) is 5.55. The summed E-state index contributed by atoms with van der Waals surface area (Å²) in [6, 6.07) is 4.98. The molecule has 2 aromatic rings. The SMILES string of the molecule is Cn1ncnc1COc1ccc(C(=N)N)c(Cl)c1. The van der Waals surface area contributed by atoms with Gasteiger partial charge >= 0.3 is 0 Å². The predicted molar refractivity (Wildman–Crippen MR) is 67.8 cm³/mol. The second kappa shape index (κ2) is 5.05. The van der Waals surface area contributed by atoms with E-state index in [0.717, 1.165) is 0 Å². The quantitative estimate of drug-likeness (QED) is 0.645. The van der Waals surface area contributed by atoms with Crippen molar-refractivity contribution in [2.24, 2.45) is 12.8 Å². The number of amidine groups is 1. The maximum Gasteiger partial charge on any atom is 0.164 e. The summed E-state index contributed by atoms with van der Waals surface area (Å²) in [5.41, 5.74) is 5.86. The molecule has 18 heavy (non-hydrogen) atoms. The van der Waals surface area contributed by atoms with Crippen LogP contribution in [0.3, 0.4) is 0 Å². The van der Waals surface area contributed by atoms with Gasteiger partial charge in [-0.15, -0.1) is 0 Å². The minimum Gasteiger partial charge on any atom is -0.486 e. The van der Waals surface area contributed by atoms with E-state index in [9.17, 15) is 0 Å². The largest absolute Gasteiger partial charge is 0.486 e. The molecule has 3 N–H and O–H groups in total. The standard InChI is InChI=1S/C11H12ClN5O/c1-17-10(15-6-16-17)5-18-7-2-3-8(11(13)14)9(12)4-7/h2-4,6H,5H2,1H3,(H3,13,14). The number of nitrogen functional groups attached to an aromatic ring is 1. The number of ether oxygens (including phenoxy) is 1. The Hall–Kier alpha value is -2.08. The van der Waals surface area contributed by atoms with Gasteiger partial charge < -0.3 is 10.5 Å². The topological polar surface area (TPSA) is 89.8 Å². The Morgan fingerprint density at radius 3 is 2.89 bits per heavy atom. The summed E-state index contributed by atoms with van der Waals surface area (Å²) in [6.07, 6.45) is 1.46. The number of nitrogens with one attached hydrogen (secondary N) is 1. The second-order valence-electron chi connectivity index (χ2n) is 3.64. The lowest BCUT2D eigenvalue weighted by Gasteiger charge is -2.08. The second-order valence-corrected chi connectivity index (χ2v) is 4.05. The summed E-state index contributed by atoms with van der Waals surface area (Å²) < 4.78 is 7.16. The van der Waals surface area contributed by atoms with E-state index in [1.165, 1.54) is 6.33 Å². The van der Waals surface area contributed by atoms with Gasteiger partial charge in [0.1, 0.15) is 24.5 Å². The van der Waals surface area contributed by atoms with Crippen LogP contribution in [0.5, 0.6) is 5.75 Å². The Morgan fingerprint density at radius 2 is 2.33 bits per heavy atom. The highest BCUT2D eigenvalue weighted by atomic mass is 35.5. The summed E-state index contributed by atoms with van der Waals surface area (Å²) in [5.74, 6) is 1.23. The molecule has 1 heterocycles. The first-order valence-electron chi connectivity index (χ1n) is 5.17. The molecule has 0 amide bonds. The van der Waals surface area contributed by atoms with Gasteiger partial charge in [-0.1, -0.05) is 11.6 Å². The van der Waals surface area contributed by atoms with E-state index < -0.39 is 0 Å². The number of rotatable bonds is 4. The lowest BCUT2D eigenvalue weighted by molar-refractivity contribution is 0.290. The lowest BCUT2D eigenvalue weighted by Crippen LogP contribution is -2.11. The average Bonchev–Trinajstić information content (AvgIpc) is 2.72. The van der Waals surface area contributed by atoms with Gasteiger partial charge in [-0.3, -0.25) is 10.1 Å². The molecule has 0 saturated carbocycles. The minimum absolute atomic E-state index is 0.0696.